The molecule has 3 amide bonds. The van der Waals surface area contributed by atoms with Crippen molar-refractivity contribution in [2.45, 2.75) is 20.8 Å². The van der Waals surface area contributed by atoms with Gasteiger partial charge in [-0.3, -0.25) is 19.8 Å². The molecule has 0 aliphatic carbocycles. The highest BCUT2D eigenvalue weighted by Gasteiger charge is 2.22. The Bertz CT molecular complexity index is 1500. The first kappa shape index (κ1) is 24.5. The van der Waals surface area contributed by atoms with Gasteiger partial charge in [0.25, 0.3) is 5.91 Å². The van der Waals surface area contributed by atoms with Crippen molar-refractivity contribution in [3.63, 3.8) is 0 Å². The highest BCUT2D eigenvalue weighted by molar-refractivity contribution is 9.10. The first-order valence-electron chi connectivity index (χ1n) is 10.7. The number of hydrogen-bond acceptors (Lipinski definition) is 3. The van der Waals surface area contributed by atoms with Gasteiger partial charge in [-0.15, -0.1) is 0 Å². The molecule has 0 spiro atoms. The van der Waals surface area contributed by atoms with Crippen molar-refractivity contribution in [2.75, 3.05) is 16.1 Å². The van der Waals surface area contributed by atoms with Crippen LogP contribution in [-0.4, -0.2) is 22.4 Å². The summed E-state index contributed by atoms with van der Waals surface area (Å²) in [6, 6.07) is 17.7. The summed E-state index contributed by atoms with van der Waals surface area (Å²) in [4.78, 5) is 38.8. The molecule has 9 heteroatoms. The Kier molecular flexibility index (Phi) is 6.95. The first-order valence-corrected chi connectivity index (χ1v) is 11.9. The fraction of sp³-hybridized carbons (Fsp3) is 0.115. The van der Waals surface area contributed by atoms with Crippen LogP contribution in [0.3, 0.4) is 0 Å². The van der Waals surface area contributed by atoms with Crippen LogP contribution >= 0.6 is 27.5 Å². The number of nitrogens with one attached hydrogen (secondary N) is 3. The molecular weight excluding hydrogens is 532 g/mol. The lowest BCUT2D eigenvalue weighted by molar-refractivity contribution is -0.133. The molecule has 0 atom stereocenters. The van der Waals surface area contributed by atoms with Gasteiger partial charge >= 0.3 is 11.8 Å². The van der Waals surface area contributed by atoms with Crippen LogP contribution in [0.15, 0.2) is 65.1 Å². The summed E-state index contributed by atoms with van der Waals surface area (Å²) in [5.41, 5.74) is 6.83. The summed E-state index contributed by atoms with van der Waals surface area (Å²) in [6.45, 7) is 5.53. The van der Waals surface area contributed by atoms with Crippen LogP contribution in [0.1, 0.15) is 27.2 Å². The SMILES string of the molecule is Cc1ccc(C)c(NC(=O)C(=O)Nn2c(C(=O)Nc3cccc(Cl)c3C)cc3cc(Br)ccc32)c1. The second-order valence-electron chi connectivity index (χ2n) is 8.15. The molecule has 1 aromatic heterocycles. The van der Waals surface area contributed by atoms with Gasteiger partial charge in [-0.2, -0.15) is 0 Å². The molecule has 0 fully saturated rings. The Balaban J connectivity index is 1.65. The van der Waals surface area contributed by atoms with E-state index in [9.17, 15) is 14.4 Å². The Hall–Kier alpha value is -3.62. The van der Waals surface area contributed by atoms with Crippen LogP contribution in [0.4, 0.5) is 11.4 Å². The first-order chi connectivity index (χ1) is 16.6. The predicted molar refractivity (Wildman–Crippen MR) is 143 cm³/mol. The van der Waals surface area contributed by atoms with Crippen LogP contribution in [-0.2, 0) is 9.59 Å². The standard InChI is InChI=1S/C26H22BrClN4O3/c1-14-7-8-15(2)21(11-14)30-25(34)26(35)31-32-22-10-9-18(27)12-17(22)13-23(32)24(33)29-20-6-4-5-19(28)16(20)3/h4-13H,1-3H3,(H,29,33)(H,30,34)(H,31,35). The van der Waals surface area contributed by atoms with Gasteiger partial charge in [0.15, 0.2) is 0 Å². The lowest BCUT2D eigenvalue weighted by Gasteiger charge is -2.14. The average molecular weight is 554 g/mol. The van der Waals surface area contributed by atoms with Crippen LogP contribution in [0.2, 0.25) is 5.02 Å². The number of carbonyl (C=O) groups is 3. The molecule has 4 rings (SSSR count). The molecule has 4 aromatic rings. The number of nitrogens with zero attached hydrogens (tertiary/aromatic N) is 1. The Morgan fingerprint density at radius 1 is 0.857 bits per heavy atom. The quantitative estimate of drug-likeness (QED) is 0.273. The molecule has 3 N–H and O–H groups in total. The number of amides is 3. The number of benzene rings is 3. The maximum absolute atomic E-state index is 13.2. The molecule has 0 aliphatic rings. The van der Waals surface area contributed by atoms with Gasteiger partial charge in [0.1, 0.15) is 5.69 Å². The summed E-state index contributed by atoms with van der Waals surface area (Å²) >= 11 is 9.61. The summed E-state index contributed by atoms with van der Waals surface area (Å²) < 4.78 is 2.11. The van der Waals surface area contributed by atoms with E-state index in [0.29, 0.717) is 32.9 Å². The zero-order chi connectivity index (χ0) is 25.3. The Labute approximate surface area is 215 Å². The molecule has 178 valence electrons. The maximum Gasteiger partial charge on any atom is 0.328 e. The number of anilines is 2. The third-order valence-corrected chi connectivity index (χ3v) is 6.48. The molecule has 0 saturated heterocycles. The highest BCUT2D eigenvalue weighted by Crippen LogP contribution is 2.26. The van der Waals surface area contributed by atoms with Crippen LogP contribution in [0.5, 0.6) is 0 Å². The van der Waals surface area contributed by atoms with Crippen LogP contribution in [0.25, 0.3) is 10.9 Å². The molecule has 0 saturated carbocycles. The molecule has 3 aromatic carbocycles. The van der Waals surface area contributed by atoms with Crippen molar-refractivity contribution in [1.82, 2.24) is 4.68 Å². The van der Waals surface area contributed by atoms with Gasteiger partial charge in [0, 0.05) is 26.3 Å². The number of aromatic nitrogens is 1. The summed E-state index contributed by atoms with van der Waals surface area (Å²) in [6.07, 6.45) is 0. The Morgan fingerprint density at radius 3 is 2.40 bits per heavy atom. The number of hydrogen-bond donors (Lipinski definition) is 3. The van der Waals surface area contributed by atoms with E-state index in [2.05, 4.69) is 32.0 Å². The van der Waals surface area contributed by atoms with Crippen molar-refractivity contribution < 1.29 is 14.4 Å². The number of aryl methyl sites for hydroxylation is 2. The minimum Gasteiger partial charge on any atom is -0.320 e. The normalized spacial score (nSPS) is 10.8. The third-order valence-electron chi connectivity index (χ3n) is 5.57. The van der Waals surface area contributed by atoms with Gasteiger partial charge in [-0.1, -0.05) is 45.7 Å². The van der Waals surface area contributed by atoms with E-state index in [1.165, 1.54) is 4.68 Å². The van der Waals surface area contributed by atoms with E-state index < -0.39 is 17.7 Å². The summed E-state index contributed by atoms with van der Waals surface area (Å²) in [5, 5.41) is 6.68. The fourth-order valence-electron chi connectivity index (χ4n) is 3.60. The second-order valence-corrected chi connectivity index (χ2v) is 9.47. The molecule has 0 unspecified atom stereocenters. The van der Waals surface area contributed by atoms with E-state index in [1.807, 2.05) is 32.0 Å². The van der Waals surface area contributed by atoms with Crippen molar-refractivity contribution in [2.24, 2.45) is 0 Å². The average Bonchev–Trinajstić information content (AvgIpc) is 3.16. The van der Waals surface area contributed by atoms with Crippen LogP contribution in [0, 0.1) is 20.8 Å². The lowest BCUT2D eigenvalue weighted by Crippen LogP contribution is -2.36. The highest BCUT2D eigenvalue weighted by atomic mass is 79.9. The summed E-state index contributed by atoms with van der Waals surface area (Å²) in [7, 11) is 0. The van der Waals surface area contributed by atoms with Crippen LogP contribution < -0.4 is 16.1 Å². The van der Waals surface area contributed by atoms with E-state index in [1.54, 1.807) is 49.4 Å². The van der Waals surface area contributed by atoms with Crippen molar-refractivity contribution in [3.05, 3.63) is 92.5 Å². The monoisotopic (exact) mass is 552 g/mol. The third kappa shape index (κ3) is 5.23. The molecule has 1 heterocycles. The molecule has 35 heavy (non-hydrogen) atoms. The predicted octanol–water partition coefficient (Wildman–Crippen LogP) is 5.94. The van der Waals surface area contributed by atoms with Gasteiger partial charge in [-0.05, 0) is 79.9 Å². The number of carbonyl (C=O) groups excluding carboxylic acids is 3. The summed E-state index contributed by atoms with van der Waals surface area (Å²) in [5.74, 6) is -2.24. The smallest absolute Gasteiger partial charge is 0.320 e. The molecular formula is C26H22BrClN4O3. The van der Waals surface area contributed by atoms with E-state index >= 15 is 0 Å². The lowest BCUT2D eigenvalue weighted by atomic mass is 10.1. The second kappa shape index (κ2) is 9.93. The maximum atomic E-state index is 13.2. The largest absolute Gasteiger partial charge is 0.328 e. The van der Waals surface area contributed by atoms with Gasteiger partial charge in [0.05, 0.1) is 5.52 Å². The van der Waals surface area contributed by atoms with E-state index in [0.717, 1.165) is 15.6 Å². The van der Waals surface area contributed by atoms with E-state index in [4.69, 9.17) is 11.6 Å². The number of halogens is 2. The van der Waals surface area contributed by atoms with Crippen molar-refractivity contribution in [1.29, 1.82) is 0 Å². The molecule has 0 radical (unpaired) electrons. The minimum absolute atomic E-state index is 0.144. The Morgan fingerprint density at radius 2 is 1.63 bits per heavy atom. The van der Waals surface area contributed by atoms with Crippen molar-refractivity contribution in [3.8, 4) is 0 Å². The zero-order valence-corrected chi connectivity index (χ0v) is 21.5. The fourth-order valence-corrected chi connectivity index (χ4v) is 4.16. The minimum atomic E-state index is -0.917. The number of rotatable bonds is 4. The molecule has 0 aliphatic heterocycles. The molecule has 0 bridgehead atoms. The van der Waals surface area contributed by atoms with E-state index in [-0.39, 0.29) is 5.69 Å². The number of fused-ring (bicyclic) bond motifs is 1. The topological polar surface area (TPSA) is 92.2 Å². The zero-order valence-electron chi connectivity index (χ0n) is 19.2. The van der Waals surface area contributed by atoms with Gasteiger partial charge in [0.2, 0.25) is 0 Å². The van der Waals surface area contributed by atoms with Crippen molar-refractivity contribution >= 4 is 67.5 Å². The van der Waals surface area contributed by atoms with Gasteiger partial charge in [-0.25, -0.2) is 4.68 Å². The molecule has 7 nitrogen and oxygen atoms in total. The van der Waals surface area contributed by atoms with Gasteiger partial charge < -0.3 is 10.6 Å².